The average Bonchev–Trinajstić information content (AvgIpc) is 2.82. The number of likely N-dealkylation sites (N-methyl/N-ethyl adjacent to an activating group) is 1. The minimum atomic E-state index is -0.303. The van der Waals surface area contributed by atoms with Crippen molar-refractivity contribution >= 4 is 17.5 Å². The maximum absolute atomic E-state index is 12.6. The Morgan fingerprint density at radius 1 is 0.969 bits per heavy atom. The van der Waals surface area contributed by atoms with Gasteiger partial charge in [0.25, 0.3) is 11.8 Å². The van der Waals surface area contributed by atoms with Crippen LogP contribution in [0.2, 0.25) is 0 Å². The largest absolute Gasteiger partial charge is 0.508 e. The van der Waals surface area contributed by atoms with Gasteiger partial charge in [0.1, 0.15) is 17.2 Å². The highest BCUT2D eigenvalue weighted by Gasteiger charge is 2.13. The van der Waals surface area contributed by atoms with E-state index in [1.807, 2.05) is 12.1 Å². The summed E-state index contributed by atoms with van der Waals surface area (Å²) in [6.07, 6.45) is 0.554. The van der Waals surface area contributed by atoms with Crippen LogP contribution in [0.1, 0.15) is 15.9 Å². The highest BCUT2D eigenvalue weighted by molar-refractivity contribution is 5.94. The number of amides is 2. The Morgan fingerprint density at radius 3 is 2.44 bits per heavy atom. The maximum atomic E-state index is 12.6. The van der Waals surface area contributed by atoms with E-state index in [9.17, 15) is 14.7 Å². The molecule has 0 aliphatic rings. The van der Waals surface area contributed by atoms with Crippen LogP contribution in [-0.2, 0) is 11.2 Å². The Balaban J connectivity index is 1.48. The predicted molar refractivity (Wildman–Crippen MR) is 122 cm³/mol. The van der Waals surface area contributed by atoms with Crippen molar-refractivity contribution in [3.63, 3.8) is 0 Å². The first kappa shape index (κ1) is 22.7. The average molecular weight is 434 g/mol. The van der Waals surface area contributed by atoms with Crippen molar-refractivity contribution in [1.82, 2.24) is 4.90 Å². The lowest BCUT2D eigenvalue weighted by molar-refractivity contribution is -0.118. The lowest BCUT2D eigenvalue weighted by Crippen LogP contribution is -2.28. The molecule has 0 aliphatic carbocycles. The molecule has 0 aliphatic heterocycles. The summed E-state index contributed by atoms with van der Waals surface area (Å²) in [4.78, 5) is 26.3. The standard InChI is InChI=1S/C25H26N2O5/c1-27(15-14-18-6-3-4-9-23(18)28)25(30)19-10-12-21(13-11-19)32-17-24(29)26-20-7-5-8-22(16-20)31-2/h3-13,16,28H,14-15,17H2,1-2H3,(H,26,29). The molecule has 3 aromatic carbocycles. The Bertz CT molecular complexity index is 1070. The van der Waals surface area contributed by atoms with Crippen molar-refractivity contribution in [2.45, 2.75) is 6.42 Å². The summed E-state index contributed by atoms with van der Waals surface area (Å²) < 4.78 is 10.6. The van der Waals surface area contributed by atoms with Crippen LogP contribution in [0, 0.1) is 0 Å². The number of rotatable bonds is 9. The molecular formula is C25H26N2O5. The highest BCUT2D eigenvalue weighted by Crippen LogP contribution is 2.18. The lowest BCUT2D eigenvalue weighted by atomic mass is 10.1. The van der Waals surface area contributed by atoms with E-state index >= 15 is 0 Å². The van der Waals surface area contributed by atoms with Gasteiger partial charge in [0.15, 0.2) is 6.61 Å². The molecule has 2 amide bonds. The normalized spacial score (nSPS) is 10.3. The first-order valence-electron chi connectivity index (χ1n) is 10.2. The van der Waals surface area contributed by atoms with Gasteiger partial charge >= 0.3 is 0 Å². The van der Waals surface area contributed by atoms with E-state index in [2.05, 4.69) is 5.32 Å². The second-order valence-electron chi connectivity index (χ2n) is 7.20. The Labute approximate surface area is 187 Å². The second-order valence-corrected chi connectivity index (χ2v) is 7.20. The van der Waals surface area contributed by atoms with Gasteiger partial charge in [-0.05, 0) is 54.4 Å². The van der Waals surface area contributed by atoms with E-state index in [0.29, 0.717) is 35.7 Å². The van der Waals surface area contributed by atoms with Gasteiger partial charge in [-0.1, -0.05) is 24.3 Å². The van der Waals surface area contributed by atoms with Crippen LogP contribution >= 0.6 is 0 Å². The number of carbonyl (C=O) groups is 2. The van der Waals surface area contributed by atoms with E-state index in [-0.39, 0.29) is 24.2 Å². The smallest absolute Gasteiger partial charge is 0.262 e. The SMILES string of the molecule is COc1cccc(NC(=O)COc2ccc(C(=O)N(C)CCc3ccccc3O)cc2)c1. The fraction of sp³-hybridized carbons (Fsp3) is 0.200. The number of para-hydroxylation sites is 1. The van der Waals surface area contributed by atoms with Crippen molar-refractivity contribution in [3.8, 4) is 17.2 Å². The van der Waals surface area contributed by atoms with Gasteiger partial charge in [-0.3, -0.25) is 9.59 Å². The number of nitrogens with one attached hydrogen (secondary N) is 1. The fourth-order valence-corrected chi connectivity index (χ4v) is 3.07. The monoisotopic (exact) mass is 434 g/mol. The lowest BCUT2D eigenvalue weighted by Gasteiger charge is -2.18. The van der Waals surface area contributed by atoms with E-state index in [0.717, 1.165) is 5.56 Å². The third-order valence-corrected chi connectivity index (χ3v) is 4.88. The third kappa shape index (κ3) is 6.25. The van der Waals surface area contributed by atoms with Crippen LogP contribution in [0.3, 0.4) is 0 Å². The summed E-state index contributed by atoms with van der Waals surface area (Å²) in [7, 11) is 3.28. The van der Waals surface area contributed by atoms with Crippen LogP contribution in [0.4, 0.5) is 5.69 Å². The number of aromatic hydroxyl groups is 1. The minimum Gasteiger partial charge on any atom is -0.508 e. The number of phenols is 1. The van der Waals surface area contributed by atoms with Crippen molar-refractivity contribution in [1.29, 1.82) is 0 Å². The van der Waals surface area contributed by atoms with Gasteiger partial charge in [0.05, 0.1) is 7.11 Å². The number of nitrogens with zero attached hydrogens (tertiary/aromatic N) is 1. The minimum absolute atomic E-state index is 0.136. The van der Waals surface area contributed by atoms with Crippen LogP contribution in [0.5, 0.6) is 17.2 Å². The van der Waals surface area contributed by atoms with Gasteiger partial charge in [0, 0.05) is 30.9 Å². The molecule has 0 aromatic heterocycles. The van der Waals surface area contributed by atoms with E-state index in [1.165, 1.54) is 0 Å². The molecule has 32 heavy (non-hydrogen) atoms. The van der Waals surface area contributed by atoms with Crippen LogP contribution < -0.4 is 14.8 Å². The quantitative estimate of drug-likeness (QED) is 0.536. The van der Waals surface area contributed by atoms with Crippen LogP contribution in [0.25, 0.3) is 0 Å². The number of hydrogen-bond acceptors (Lipinski definition) is 5. The molecule has 7 nitrogen and oxygen atoms in total. The molecule has 0 spiro atoms. The number of carbonyl (C=O) groups excluding carboxylic acids is 2. The second kappa shape index (κ2) is 10.9. The Kier molecular flexibility index (Phi) is 7.70. The zero-order chi connectivity index (χ0) is 22.9. The van der Waals surface area contributed by atoms with E-state index in [4.69, 9.17) is 9.47 Å². The van der Waals surface area contributed by atoms with Crippen molar-refractivity contribution in [2.24, 2.45) is 0 Å². The van der Waals surface area contributed by atoms with Crippen molar-refractivity contribution in [3.05, 3.63) is 83.9 Å². The van der Waals surface area contributed by atoms with Gasteiger partial charge < -0.3 is 24.8 Å². The molecular weight excluding hydrogens is 408 g/mol. The molecule has 2 N–H and O–H groups in total. The molecule has 0 saturated heterocycles. The molecule has 0 saturated carbocycles. The number of methoxy groups -OCH3 is 1. The molecule has 3 rings (SSSR count). The predicted octanol–water partition coefficient (Wildman–Crippen LogP) is 3.73. The van der Waals surface area contributed by atoms with Crippen molar-refractivity contribution < 1.29 is 24.2 Å². The molecule has 7 heteroatoms. The van der Waals surface area contributed by atoms with E-state index in [1.54, 1.807) is 79.7 Å². The van der Waals surface area contributed by atoms with Gasteiger partial charge in [-0.15, -0.1) is 0 Å². The molecule has 3 aromatic rings. The Morgan fingerprint density at radius 2 is 1.72 bits per heavy atom. The molecule has 0 radical (unpaired) electrons. The zero-order valence-electron chi connectivity index (χ0n) is 18.1. The van der Waals surface area contributed by atoms with Gasteiger partial charge in [-0.2, -0.15) is 0 Å². The van der Waals surface area contributed by atoms with Crippen molar-refractivity contribution in [2.75, 3.05) is 32.6 Å². The van der Waals surface area contributed by atoms with E-state index < -0.39 is 0 Å². The summed E-state index contributed by atoms with van der Waals surface area (Å²) in [6.45, 7) is 0.310. The summed E-state index contributed by atoms with van der Waals surface area (Å²) in [5.74, 6) is 0.920. The fourth-order valence-electron chi connectivity index (χ4n) is 3.07. The molecule has 0 unspecified atom stereocenters. The Hall–Kier alpha value is -4.00. The van der Waals surface area contributed by atoms with Gasteiger partial charge in [-0.25, -0.2) is 0 Å². The highest BCUT2D eigenvalue weighted by atomic mass is 16.5. The first-order valence-corrected chi connectivity index (χ1v) is 10.2. The van der Waals surface area contributed by atoms with Gasteiger partial charge in [0.2, 0.25) is 0 Å². The topological polar surface area (TPSA) is 88.1 Å². The summed E-state index contributed by atoms with van der Waals surface area (Å²) in [6, 6.07) is 20.8. The third-order valence-electron chi connectivity index (χ3n) is 4.88. The first-order chi connectivity index (χ1) is 15.5. The summed E-state index contributed by atoms with van der Waals surface area (Å²) in [5, 5.41) is 12.6. The van der Waals surface area contributed by atoms with Crippen LogP contribution in [0.15, 0.2) is 72.8 Å². The number of ether oxygens (including phenoxy) is 2. The number of benzene rings is 3. The molecule has 0 heterocycles. The number of phenolic OH excluding ortho intramolecular Hbond substituents is 1. The zero-order valence-corrected chi connectivity index (χ0v) is 18.1. The molecule has 0 bridgehead atoms. The number of hydrogen-bond donors (Lipinski definition) is 2. The maximum Gasteiger partial charge on any atom is 0.262 e. The van der Waals surface area contributed by atoms with Crippen LogP contribution in [-0.4, -0.2) is 49.1 Å². The summed E-state index contributed by atoms with van der Waals surface area (Å²) in [5.41, 5.74) is 1.92. The number of anilines is 1. The molecule has 0 atom stereocenters. The summed E-state index contributed by atoms with van der Waals surface area (Å²) >= 11 is 0. The molecule has 0 fully saturated rings. The molecule has 166 valence electrons.